The van der Waals surface area contributed by atoms with E-state index in [1.165, 1.54) is 0 Å². The predicted molar refractivity (Wildman–Crippen MR) is 120 cm³/mol. The van der Waals surface area contributed by atoms with Crippen molar-refractivity contribution in [2.45, 2.75) is 6.54 Å². The topological polar surface area (TPSA) is 48.5 Å². The van der Waals surface area contributed by atoms with Crippen molar-refractivity contribution >= 4 is 46.3 Å². The van der Waals surface area contributed by atoms with Gasteiger partial charge in [-0.3, -0.25) is 4.90 Å². The zero-order valence-corrected chi connectivity index (χ0v) is 18.0. The first-order chi connectivity index (χ1) is 14.1. The van der Waals surface area contributed by atoms with Crippen molar-refractivity contribution in [1.82, 2.24) is 14.8 Å². The molecule has 0 aliphatic carbocycles. The van der Waals surface area contributed by atoms with Gasteiger partial charge in [0.15, 0.2) is 0 Å². The van der Waals surface area contributed by atoms with E-state index in [4.69, 9.17) is 28.2 Å². The maximum Gasteiger partial charge on any atom is 0.321 e. The van der Waals surface area contributed by atoms with Crippen LogP contribution < -0.4 is 5.32 Å². The van der Waals surface area contributed by atoms with Crippen LogP contribution in [0.5, 0.6) is 0 Å². The van der Waals surface area contributed by atoms with Gasteiger partial charge in [-0.15, -0.1) is 11.3 Å². The second-order valence-corrected chi connectivity index (χ2v) is 8.59. The van der Waals surface area contributed by atoms with Crippen LogP contribution in [0, 0.1) is 0 Å². The van der Waals surface area contributed by atoms with E-state index in [9.17, 15) is 4.79 Å². The molecule has 0 radical (unpaired) electrons. The van der Waals surface area contributed by atoms with Crippen molar-refractivity contribution in [1.29, 1.82) is 0 Å². The second kappa shape index (κ2) is 9.13. The molecular weight excluding hydrogens is 427 g/mol. The lowest BCUT2D eigenvalue weighted by Crippen LogP contribution is -2.49. The zero-order valence-electron chi connectivity index (χ0n) is 15.6. The molecule has 1 N–H and O–H groups in total. The van der Waals surface area contributed by atoms with Gasteiger partial charge in [0, 0.05) is 59.4 Å². The first-order valence-corrected chi connectivity index (χ1v) is 10.9. The van der Waals surface area contributed by atoms with Crippen LogP contribution in [-0.2, 0) is 6.54 Å². The maximum atomic E-state index is 12.5. The summed E-state index contributed by atoms with van der Waals surface area (Å²) in [6.07, 6.45) is 0. The summed E-state index contributed by atoms with van der Waals surface area (Å²) in [4.78, 5) is 21.4. The van der Waals surface area contributed by atoms with Gasteiger partial charge in [0.25, 0.3) is 0 Å². The van der Waals surface area contributed by atoms with Crippen molar-refractivity contribution in [2.24, 2.45) is 0 Å². The molecule has 3 aromatic rings. The van der Waals surface area contributed by atoms with Gasteiger partial charge in [-0.2, -0.15) is 0 Å². The minimum Gasteiger partial charge on any atom is -0.322 e. The number of urea groups is 1. The molecule has 0 spiro atoms. The van der Waals surface area contributed by atoms with E-state index < -0.39 is 0 Å². The predicted octanol–water partition coefficient (Wildman–Crippen LogP) is 5.47. The number of nitrogens with one attached hydrogen (secondary N) is 1. The molecule has 0 saturated carbocycles. The number of benzene rings is 2. The molecule has 1 saturated heterocycles. The lowest BCUT2D eigenvalue weighted by molar-refractivity contribution is 0.142. The Kier molecular flexibility index (Phi) is 6.35. The second-order valence-electron chi connectivity index (χ2n) is 6.85. The molecule has 5 nitrogen and oxygen atoms in total. The SMILES string of the molecule is O=C(Nc1cccc(Cl)c1)N1CCN(Cc2csc(-c3ccc(Cl)cc3)n2)CC1. The van der Waals surface area contributed by atoms with Crippen molar-refractivity contribution in [3.05, 3.63) is 69.7 Å². The molecule has 0 bridgehead atoms. The fourth-order valence-corrected chi connectivity index (χ4v) is 4.34. The molecule has 2 aromatic carbocycles. The average Bonchev–Trinajstić information content (AvgIpc) is 3.17. The Morgan fingerprint density at radius 3 is 2.52 bits per heavy atom. The third-order valence-electron chi connectivity index (χ3n) is 4.76. The Labute approximate surface area is 183 Å². The highest BCUT2D eigenvalue weighted by Gasteiger charge is 2.22. The normalized spacial score (nSPS) is 14.8. The number of hydrogen-bond acceptors (Lipinski definition) is 4. The minimum atomic E-state index is -0.0920. The first kappa shape index (κ1) is 20.2. The molecule has 150 valence electrons. The Hall–Kier alpha value is -2.12. The van der Waals surface area contributed by atoms with Gasteiger partial charge in [0.05, 0.1) is 5.69 Å². The summed E-state index contributed by atoms with van der Waals surface area (Å²) >= 11 is 13.6. The van der Waals surface area contributed by atoms with Gasteiger partial charge in [0.1, 0.15) is 5.01 Å². The molecule has 2 amide bonds. The zero-order chi connectivity index (χ0) is 20.2. The van der Waals surface area contributed by atoms with E-state index >= 15 is 0 Å². The maximum absolute atomic E-state index is 12.5. The smallest absolute Gasteiger partial charge is 0.321 e. The summed E-state index contributed by atoms with van der Waals surface area (Å²) in [6, 6.07) is 14.8. The highest BCUT2D eigenvalue weighted by atomic mass is 35.5. The number of hydrogen-bond donors (Lipinski definition) is 1. The number of aromatic nitrogens is 1. The number of piperazine rings is 1. The molecule has 0 atom stereocenters. The van der Waals surface area contributed by atoms with E-state index in [0.29, 0.717) is 23.8 Å². The largest absolute Gasteiger partial charge is 0.322 e. The van der Waals surface area contributed by atoms with Crippen LogP contribution >= 0.6 is 34.5 Å². The molecular formula is C21H20Cl2N4OS. The van der Waals surface area contributed by atoms with Crippen molar-refractivity contribution < 1.29 is 4.79 Å². The number of anilines is 1. The molecule has 2 heterocycles. The number of thiazole rings is 1. The van der Waals surface area contributed by atoms with Gasteiger partial charge in [-0.25, -0.2) is 9.78 Å². The van der Waals surface area contributed by atoms with Crippen LogP contribution in [-0.4, -0.2) is 47.0 Å². The summed E-state index contributed by atoms with van der Waals surface area (Å²) < 4.78 is 0. The molecule has 4 rings (SSSR count). The quantitative estimate of drug-likeness (QED) is 0.577. The number of carbonyl (C=O) groups excluding carboxylic acids is 1. The standard InChI is InChI=1S/C21H20Cl2N4OS/c22-16-6-4-15(5-7-16)20-24-19(14-29-20)13-26-8-10-27(11-9-26)21(28)25-18-3-1-2-17(23)12-18/h1-7,12,14H,8-11,13H2,(H,25,28). The summed E-state index contributed by atoms with van der Waals surface area (Å²) in [5.74, 6) is 0. The number of amides is 2. The van der Waals surface area contributed by atoms with E-state index in [-0.39, 0.29) is 6.03 Å². The number of rotatable bonds is 4. The third-order valence-corrected chi connectivity index (χ3v) is 6.19. The lowest BCUT2D eigenvalue weighted by Gasteiger charge is -2.34. The number of halogens is 2. The van der Waals surface area contributed by atoms with E-state index in [1.807, 2.05) is 41.3 Å². The average molecular weight is 447 g/mol. The van der Waals surface area contributed by atoms with E-state index in [1.54, 1.807) is 23.5 Å². The molecule has 1 aliphatic heterocycles. The minimum absolute atomic E-state index is 0.0920. The Morgan fingerprint density at radius 2 is 1.79 bits per heavy atom. The van der Waals surface area contributed by atoms with Gasteiger partial charge in [-0.05, 0) is 30.3 Å². The lowest BCUT2D eigenvalue weighted by atomic mass is 10.2. The first-order valence-electron chi connectivity index (χ1n) is 9.31. The van der Waals surface area contributed by atoms with Crippen molar-refractivity contribution in [3.63, 3.8) is 0 Å². The van der Waals surface area contributed by atoms with Gasteiger partial charge >= 0.3 is 6.03 Å². The van der Waals surface area contributed by atoms with Crippen molar-refractivity contribution in [2.75, 3.05) is 31.5 Å². The Morgan fingerprint density at radius 1 is 1.03 bits per heavy atom. The number of carbonyl (C=O) groups is 1. The van der Waals surface area contributed by atoms with Crippen LogP contribution in [0.4, 0.5) is 10.5 Å². The van der Waals surface area contributed by atoms with Crippen LogP contribution in [0.1, 0.15) is 5.69 Å². The monoisotopic (exact) mass is 446 g/mol. The molecule has 8 heteroatoms. The molecule has 29 heavy (non-hydrogen) atoms. The van der Waals surface area contributed by atoms with Gasteiger partial charge in [-0.1, -0.05) is 41.4 Å². The van der Waals surface area contributed by atoms with Crippen LogP contribution in [0.15, 0.2) is 53.9 Å². The highest BCUT2D eigenvalue weighted by molar-refractivity contribution is 7.13. The van der Waals surface area contributed by atoms with Crippen LogP contribution in [0.2, 0.25) is 10.0 Å². The fraction of sp³-hybridized carbons (Fsp3) is 0.238. The Balaban J connectivity index is 1.29. The summed E-state index contributed by atoms with van der Waals surface area (Å²) in [6.45, 7) is 3.78. The molecule has 1 aliphatic rings. The third kappa shape index (κ3) is 5.28. The number of nitrogens with zero attached hydrogens (tertiary/aromatic N) is 3. The van der Waals surface area contributed by atoms with E-state index in [0.717, 1.165) is 40.9 Å². The van der Waals surface area contributed by atoms with Crippen LogP contribution in [0.25, 0.3) is 10.6 Å². The van der Waals surface area contributed by atoms with E-state index in [2.05, 4.69) is 15.6 Å². The van der Waals surface area contributed by atoms with Gasteiger partial charge < -0.3 is 10.2 Å². The summed E-state index contributed by atoms with van der Waals surface area (Å²) in [5.41, 5.74) is 2.84. The summed E-state index contributed by atoms with van der Waals surface area (Å²) in [5, 5.41) is 7.33. The van der Waals surface area contributed by atoms with Crippen LogP contribution in [0.3, 0.4) is 0 Å². The molecule has 0 unspecified atom stereocenters. The molecule has 1 fully saturated rings. The fourth-order valence-electron chi connectivity index (χ4n) is 3.21. The molecule has 1 aromatic heterocycles. The van der Waals surface area contributed by atoms with Crippen molar-refractivity contribution in [3.8, 4) is 10.6 Å². The highest BCUT2D eigenvalue weighted by Crippen LogP contribution is 2.26. The summed E-state index contributed by atoms with van der Waals surface area (Å²) in [7, 11) is 0. The Bertz CT molecular complexity index is 984. The van der Waals surface area contributed by atoms with Gasteiger partial charge in [0.2, 0.25) is 0 Å².